The van der Waals surface area contributed by atoms with Crippen molar-refractivity contribution in [3.05, 3.63) is 33.8 Å². The second-order valence-electron chi connectivity index (χ2n) is 4.26. The Morgan fingerprint density at radius 1 is 1.47 bits per heavy atom. The first-order valence-corrected chi connectivity index (χ1v) is 6.76. The number of phenolic OH excluding ortho intramolecular Hbond substituents is 1. The predicted octanol–water partition coefficient (Wildman–Crippen LogP) is 3.27. The highest BCUT2D eigenvalue weighted by Gasteiger charge is 2.18. The van der Waals surface area contributed by atoms with Gasteiger partial charge in [0.2, 0.25) is 0 Å². The van der Waals surface area contributed by atoms with Gasteiger partial charge in [-0.25, -0.2) is 0 Å². The molecule has 19 heavy (non-hydrogen) atoms. The molecule has 5 nitrogen and oxygen atoms in total. The number of phenols is 1. The van der Waals surface area contributed by atoms with Crippen LogP contribution in [-0.2, 0) is 0 Å². The van der Waals surface area contributed by atoms with Crippen LogP contribution in [0.5, 0.6) is 5.75 Å². The van der Waals surface area contributed by atoms with E-state index in [0.717, 1.165) is 11.5 Å². The van der Waals surface area contributed by atoms with E-state index >= 15 is 0 Å². The van der Waals surface area contributed by atoms with Gasteiger partial charge in [0.25, 0.3) is 5.91 Å². The van der Waals surface area contributed by atoms with Crippen molar-refractivity contribution < 1.29 is 9.90 Å². The summed E-state index contributed by atoms with van der Waals surface area (Å²) in [6.45, 7) is 3.89. The number of hydrogen-bond donors (Lipinski definition) is 2. The monoisotopic (exact) mass is 297 g/mol. The maximum Gasteiger partial charge on any atom is 0.269 e. The molecule has 2 aromatic rings. The highest BCUT2D eigenvalue weighted by molar-refractivity contribution is 7.08. The summed E-state index contributed by atoms with van der Waals surface area (Å²) in [5.41, 5.74) is 1.13. The van der Waals surface area contributed by atoms with Gasteiger partial charge in [-0.1, -0.05) is 29.9 Å². The van der Waals surface area contributed by atoms with E-state index in [1.54, 1.807) is 6.07 Å². The van der Waals surface area contributed by atoms with Crippen molar-refractivity contribution in [2.75, 3.05) is 5.32 Å². The van der Waals surface area contributed by atoms with Crippen molar-refractivity contribution in [3.63, 3.8) is 0 Å². The van der Waals surface area contributed by atoms with E-state index in [9.17, 15) is 9.90 Å². The summed E-state index contributed by atoms with van der Waals surface area (Å²) in [7, 11) is 0. The first-order chi connectivity index (χ1) is 8.99. The lowest BCUT2D eigenvalue weighted by atomic mass is 10.1. The summed E-state index contributed by atoms with van der Waals surface area (Å²) in [5, 5.41) is 16.3. The molecule has 1 aromatic carbocycles. The summed E-state index contributed by atoms with van der Waals surface area (Å²) in [4.78, 5) is 12.6. The minimum atomic E-state index is -0.291. The van der Waals surface area contributed by atoms with E-state index in [0.29, 0.717) is 16.3 Å². The van der Waals surface area contributed by atoms with Crippen LogP contribution in [0.25, 0.3) is 0 Å². The van der Waals surface area contributed by atoms with Gasteiger partial charge in [-0.2, -0.15) is 0 Å². The molecule has 0 aliphatic rings. The quantitative estimate of drug-likeness (QED) is 0.911. The molecule has 0 spiro atoms. The summed E-state index contributed by atoms with van der Waals surface area (Å²) in [6.07, 6.45) is 0. The van der Waals surface area contributed by atoms with Gasteiger partial charge >= 0.3 is 0 Å². The van der Waals surface area contributed by atoms with Gasteiger partial charge in [-0.05, 0) is 29.6 Å². The molecule has 0 bridgehead atoms. The maximum atomic E-state index is 12.1. The number of nitrogens with one attached hydrogen (secondary N) is 1. The third kappa shape index (κ3) is 3.02. The van der Waals surface area contributed by atoms with Crippen LogP contribution in [0.15, 0.2) is 18.2 Å². The molecule has 0 unspecified atom stereocenters. The van der Waals surface area contributed by atoms with Gasteiger partial charge in [-0.15, -0.1) is 5.10 Å². The Morgan fingerprint density at radius 2 is 2.21 bits per heavy atom. The molecule has 100 valence electrons. The fraction of sp³-hybridized carbons (Fsp3) is 0.250. The van der Waals surface area contributed by atoms with Crippen LogP contribution in [0.3, 0.4) is 0 Å². The van der Waals surface area contributed by atoms with Gasteiger partial charge in [0.05, 0.1) is 10.7 Å². The Morgan fingerprint density at radius 3 is 2.84 bits per heavy atom. The van der Waals surface area contributed by atoms with Crippen LogP contribution in [0.1, 0.15) is 35.1 Å². The van der Waals surface area contributed by atoms with E-state index in [2.05, 4.69) is 14.9 Å². The molecule has 0 aliphatic carbocycles. The molecule has 1 aromatic heterocycles. The fourth-order valence-corrected chi connectivity index (χ4v) is 2.34. The number of rotatable bonds is 3. The molecule has 7 heteroatoms. The Hall–Kier alpha value is -1.66. The molecule has 0 saturated heterocycles. The Labute approximate surface area is 119 Å². The third-order valence-electron chi connectivity index (χ3n) is 2.47. The van der Waals surface area contributed by atoms with Gasteiger partial charge in [0.1, 0.15) is 10.6 Å². The molecule has 0 fully saturated rings. The van der Waals surface area contributed by atoms with Gasteiger partial charge < -0.3 is 10.4 Å². The van der Waals surface area contributed by atoms with E-state index in [1.807, 2.05) is 13.8 Å². The minimum Gasteiger partial charge on any atom is -0.506 e. The zero-order valence-electron chi connectivity index (χ0n) is 10.3. The first-order valence-electron chi connectivity index (χ1n) is 5.61. The molecule has 1 amide bonds. The van der Waals surface area contributed by atoms with E-state index in [4.69, 9.17) is 11.6 Å². The van der Waals surface area contributed by atoms with Crippen LogP contribution >= 0.6 is 23.1 Å². The zero-order valence-corrected chi connectivity index (χ0v) is 11.9. The average molecular weight is 298 g/mol. The molecule has 2 rings (SSSR count). The molecule has 1 heterocycles. The molecule has 0 atom stereocenters. The van der Waals surface area contributed by atoms with Gasteiger partial charge in [0, 0.05) is 11.8 Å². The van der Waals surface area contributed by atoms with Crippen LogP contribution in [-0.4, -0.2) is 20.6 Å². The number of halogens is 1. The summed E-state index contributed by atoms with van der Waals surface area (Å²) >= 11 is 6.75. The lowest BCUT2D eigenvalue weighted by Crippen LogP contribution is -2.13. The third-order valence-corrected chi connectivity index (χ3v) is 3.53. The summed E-state index contributed by atoms with van der Waals surface area (Å²) in [6, 6.07) is 4.52. The fourth-order valence-electron chi connectivity index (χ4n) is 1.51. The second-order valence-corrected chi connectivity index (χ2v) is 5.42. The van der Waals surface area contributed by atoms with Crippen molar-refractivity contribution in [2.45, 2.75) is 19.8 Å². The molecule has 0 saturated carbocycles. The van der Waals surface area contributed by atoms with E-state index in [1.165, 1.54) is 12.1 Å². The second kappa shape index (κ2) is 5.54. The maximum absolute atomic E-state index is 12.1. The number of nitrogens with zero attached hydrogens (tertiary/aromatic N) is 2. The summed E-state index contributed by atoms with van der Waals surface area (Å²) < 4.78 is 3.80. The summed E-state index contributed by atoms with van der Waals surface area (Å²) in [5.74, 6) is -0.246. The van der Waals surface area contributed by atoms with Crippen molar-refractivity contribution >= 4 is 34.7 Å². The van der Waals surface area contributed by atoms with Crippen molar-refractivity contribution in [3.8, 4) is 5.75 Å². The standard InChI is InChI=1S/C12H12ClN3O2S/c1-6(2)10-11(19-16-15-10)12(18)14-7-3-4-8(13)9(17)5-7/h3-6,17H,1-2H3,(H,14,18). The molecule has 2 N–H and O–H groups in total. The van der Waals surface area contributed by atoms with Gasteiger partial charge in [-0.3, -0.25) is 4.79 Å². The lowest BCUT2D eigenvalue weighted by molar-refractivity contribution is 0.102. The number of carbonyl (C=O) groups is 1. The van der Waals surface area contributed by atoms with E-state index in [-0.39, 0.29) is 22.6 Å². The lowest BCUT2D eigenvalue weighted by Gasteiger charge is -2.07. The highest BCUT2D eigenvalue weighted by atomic mass is 35.5. The molecular formula is C12H12ClN3O2S. The first kappa shape index (κ1) is 13.8. The largest absolute Gasteiger partial charge is 0.506 e. The smallest absolute Gasteiger partial charge is 0.269 e. The van der Waals surface area contributed by atoms with Crippen molar-refractivity contribution in [1.29, 1.82) is 0 Å². The van der Waals surface area contributed by atoms with Crippen LogP contribution in [0, 0.1) is 0 Å². The van der Waals surface area contributed by atoms with Gasteiger partial charge in [0.15, 0.2) is 0 Å². The number of anilines is 1. The number of amides is 1. The molecule has 0 radical (unpaired) electrons. The van der Waals surface area contributed by atoms with Crippen molar-refractivity contribution in [1.82, 2.24) is 9.59 Å². The normalized spacial score (nSPS) is 10.7. The van der Waals surface area contributed by atoms with Crippen LogP contribution in [0.2, 0.25) is 5.02 Å². The van der Waals surface area contributed by atoms with Crippen molar-refractivity contribution in [2.24, 2.45) is 0 Å². The zero-order chi connectivity index (χ0) is 14.0. The SMILES string of the molecule is CC(C)c1nnsc1C(=O)Nc1ccc(Cl)c(O)c1. The Bertz CT molecular complexity index is 613. The molecule has 0 aliphatic heterocycles. The number of carbonyl (C=O) groups excluding carboxylic acids is 1. The van der Waals surface area contributed by atoms with Crippen LogP contribution < -0.4 is 5.32 Å². The number of aromatic nitrogens is 2. The number of benzene rings is 1. The average Bonchev–Trinajstić information content (AvgIpc) is 2.83. The molecular weight excluding hydrogens is 286 g/mol. The van der Waals surface area contributed by atoms with Crippen LogP contribution in [0.4, 0.5) is 5.69 Å². The minimum absolute atomic E-state index is 0.0778. The Kier molecular flexibility index (Phi) is 4.01. The Balaban J connectivity index is 2.21. The predicted molar refractivity (Wildman–Crippen MR) is 75.1 cm³/mol. The number of hydrogen-bond acceptors (Lipinski definition) is 5. The number of aromatic hydroxyl groups is 1. The topological polar surface area (TPSA) is 75.1 Å². The highest BCUT2D eigenvalue weighted by Crippen LogP contribution is 2.27. The van der Waals surface area contributed by atoms with E-state index < -0.39 is 0 Å².